The zero-order chi connectivity index (χ0) is 25.4. The molecule has 2 amide bonds. The highest BCUT2D eigenvalue weighted by Crippen LogP contribution is 2.27. The molecule has 2 aromatic carbocycles. The maximum atomic E-state index is 12.9. The number of hydrogen-bond acceptors (Lipinski definition) is 6. The van der Waals surface area contributed by atoms with Crippen molar-refractivity contribution < 1.29 is 14.3 Å². The Morgan fingerprint density at radius 1 is 1.17 bits per heavy atom. The predicted octanol–water partition coefficient (Wildman–Crippen LogP) is 4.64. The number of ether oxygens (including phenoxy) is 1. The lowest BCUT2D eigenvalue weighted by atomic mass is 10.0. The summed E-state index contributed by atoms with van der Waals surface area (Å²) in [5, 5.41) is 15.2. The Bertz CT molecular complexity index is 1190. The van der Waals surface area contributed by atoms with Crippen LogP contribution in [-0.2, 0) is 11.3 Å². The number of anilines is 1. The number of carbonyl (C=O) groups excluding carboxylic acids is 2. The van der Waals surface area contributed by atoms with E-state index in [0.717, 1.165) is 5.56 Å². The number of methoxy groups -OCH3 is 1. The fourth-order valence-corrected chi connectivity index (χ4v) is 4.30. The molecule has 3 rings (SSSR count). The van der Waals surface area contributed by atoms with Crippen molar-refractivity contribution in [2.24, 2.45) is 5.92 Å². The van der Waals surface area contributed by atoms with Crippen LogP contribution in [0.3, 0.4) is 0 Å². The van der Waals surface area contributed by atoms with Gasteiger partial charge in [0.15, 0.2) is 11.0 Å². The van der Waals surface area contributed by atoms with Gasteiger partial charge >= 0.3 is 0 Å². The van der Waals surface area contributed by atoms with Crippen LogP contribution in [0.2, 0.25) is 0 Å². The highest BCUT2D eigenvalue weighted by Gasteiger charge is 2.26. The molecule has 1 heterocycles. The second-order valence-corrected chi connectivity index (χ2v) is 9.28. The Morgan fingerprint density at radius 2 is 1.94 bits per heavy atom. The third-order valence-electron chi connectivity index (χ3n) is 5.28. The van der Waals surface area contributed by atoms with E-state index < -0.39 is 0 Å². The van der Waals surface area contributed by atoms with Gasteiger partial charge in [0.1, 0.15) is 5.75 Å². The van der Waals surface area contributed by atoms with Crippen LogP contribution in [0.5, 0.6) is 5.75 Å². The minimum absolute atomic E-state index is 0.0585. The van der Waals surface area contributed by atoms with Crippen molar-refractivity contribution in [3.05, 3.63) is 78.1 Å². The van der Waals surface area contributed by atoms with E-state index in [2.05, 4.69) is 27.4 Å². The number of amides is 2. The Labute approximate surface area is 210 Å². The number of aromatic nitrogens is 3. The zero-order valence-electron chi connectivity index (χ0n) is 20.4. The summed E-state index contributed by atoms with van der Waals surface area (Å²) in [6.45, 7) is 10.3. The molecule has 3 aromatic rings. The number of hydrogen-bond donors (Lipinski definition) is 2. The van der Waals surface area contributed by atoms with E-state index in [1.165, 1.54) is 11.8 Å². The monoisotopic (exact) mass is 493 g/mol. The minimum Gasteiger partial charge on any atom is -0.495 e. The van der Waals surface area contributed by atoms with Crippen molar-refractivity contribution in [2.75, 3.05) is 18.2 Å². The highest BCUT2D eigenvalue weighted by molar-refractivity contribution is 7.99. The molecule has 0 bridgehead atoms. The average Bonchev–Trinajstić information content (AvgIpc) is 3.23. The molecule has 0 unspecified atom stereocenters. The molecule has 0 radical (unpaired) electrons. The number of nitrogens with zero attached hydrogens (tertiary/aromatic N) is 3. The van der Waals surface area contributed by atoms with Gasteiger partial charge in [-0.2, -0.15) is 0 Å². The molecular formula is C26H31N5O3S. The number of aryl methyl sites for hydroxylation is 1. The number of nitrogens with one attached hydrogen (secondary N) is 2. The van der Waals surface area contributed by atoms with Crippen LogP contribution >= 0.6 is 11.8 Å². The third kappa shape index (κ3) is 6.73. The summed E-state index contributed by atoms with van der Waals surface area (Å²) in [6, 6.07) is 14.3. The normalized spacial score (nSPS) is 11.7. The molecule has 35 heavy (non-hydrogen) atoms. The standard InChI is InChI=1S/C26H31N5O3S/c1-6-14-31-24(23(17(2)3)28-25(33)19-11-9-10-18(4)15-19)29-30-26(31)35-16-22(32)27-20-12-7-8-13-21(20)34-5/h6-13,15,17,23H,1,14,16H2,2-5H3,(H,27,32)(H,28,33)/t23-/m1/s1. The number of allylic oxidation sites excluding steroid dienone is 1. The van der Waals surface area contributed by atoms with Gasteiger partial charge in [-0.05, 0) is 37.1 Å². The van der Waals surface area contributed by atoms with E-state index in [1.54, 1.807) is 31.4 Å². The van der Waals surface area contributed by atoms with Gasteiger partial charge in [0.25, 0.3) is 5.91 Å². The maximum Gasteiger partial charge on any atom is 0.251 e. The van der Waals surface area contributed by atoms with Gasteiger partial charge in [-0.1, -0.05) is 61.5 Å². The van der Waals surface area contributed by atoms with Gasteiger partial charge in [-0.25, -0.2) is 0 Å². The summed E-state index contributed by atoms with van der Waals surface area (Å²) in [5.74, 6) is 1.03. The van der Waals surface area contributed by atoms with Crippen molar-refractivity contribution in [3.8, 4) is 5.75 Å². The fraction of sp³-hybridized carbons (Fsp3) is 0.308. The summed E-state index contributed by atoms with van der Waals surface area (Å²) >= 11 is 1.27. The van der Waals surface area contributed by atoms with Crippen LogP contribution < -0.4 is 15.4 Å². The summed E-state index contributed by atoms with van der Waals surface area (Å²) in [5.41, 5.74) is 2.21. The largest absolute Gasteiger partial charge is 0.495 e. The van der Waals surface area contributed by atoms with Crippen LogP contribution in [0.1, 0.15) is 41.6 Å². The molecule has 0 saturated heterocycles. The van der Waals surface area contributed by atoms with Crippen molar-refractivity contribution >= 4 is 29.3 Å². The van der Waals surface area contributed by atoms with E-state index >= 15 is 0 Å². The molecule has 1 aromatic heterocycles. The minimum atomic E-state index is -0.368. The Kier molecular flexibility index (Phi) is 9.08. The molecule has 2 N–H and O–H groups in total. The second kappa shape index (κ2) is 12.2. The highest BCUT2D eigenvalue weighted by atomic mass is 32.2. The summed E-state index contributed by atoms with van der Waals surface area (Å²) in [7, 11) is 1.56. The molecular weight excluding hydrogens is 462 g/mol. The van der Waals surface area contributed by atoms with Crippen molar-refractivity contribution in [3.63, 3.8) is 0 Å². The van der Waals surface area contributed by atoms with Crippen molar-refractivity contribution in [2.45, 2.75) is 38.5 Å². The van der Waals surface area contributed by atoms with Crippen molar-refractivity contribution in [1.29, 1.82) is 0 Å². The van der Waals surface area contributed by atoms with Gasteiger partial charge < -0.3 is 19.9 Å². The molecule has 184 valence electrons. The van der Waals surface area contributed by atoms with Gasteiger partial charge in [-0.15, -0.1) is 16.8 Å². The predicted molar refractivity (Wildman–Crippen MR) is 139 cm³/mol. The lowest BCUT2D eigenvalue weighted by Crippen LogP contribution is -2.34. The lowest BCUT2D eigenvalue weighted by Gasteiger charge is -2.22. The average molecular weight is 494 g/mol. The maximum absolute atomic E-state index is 12.9. The van der Waals surface area contributed by atoms with Gasteiger partial charge in [-0.3, -0.25) is 9.59 Å². The van der Waals surface area contributed by atoms with Gasteiger partial charge in [0.05, 0.1) is 24.6 Å². The molecule has 9 heteroatoms. The molecule has 0 spiro atoms. The van der Waals surface area contributed by atoms with Crippen molar-refractivity contribution in [1.82, 2.24) is 20.1 Å². The summed E-state index contributed by atoms with van der Waals surface area (Å²) < 4.78 is 7.17. The van der Waals surface area contributed by atoms with Crippen LogP contribution in [0.15, 0.2) is 66.3 Å². The van der Waals surface area contributed by atoms with Crippen LogP contribution in [0, 0.1) is 12.8 Å². The SMILES string of the molecule is C=CCn1c(SCC(=O)Nc2ccccc2OC)nnc1[C@H](NC(=O)c1cccc(C)c1)C(C)C. The first-order chi connectivity index (χ1) is 16.8. The Hall–Kier alpha value is -3.59. The molecule has 8 nitrogen and oxygen atoms in total. The zero-order valence-corrected chi connectivity index (χ0v) is 21.3. The first-order valence-electron chi connectivity index (χ1n) is 11.3. The fourth-order valence-electron chi connectivity index (χ4n) is 3.54. The van der Waals surface area contributed by atoms with E-state index in [0.29, 0.717) is 34.5 Å². The first-order valence-corrected chi connectivity index (χ1v) is 12.3. The van der Waals surface area contributed by atoms with E-state index in [1.807, 2.05) is 55.7 Å². The van der Waals surface area contributed by atoms with Gasteiger partial charge in [0.2, 0.25) is 5.91 Å². The van der Waals surface area contributed by atoms with Crippen LogP contribution in [0.25, 0.3) is 0 Å². The second-order valence-electron chi connectivity index (χ2n) is 8.34. The summed E-state index contributed by atoms with van der Waals surface area (Å²) in [4.78, 5) is 25.5. The quantitative estimate of drug-likeness (QED) is 0.298. The summed E-state index contributed by atoms with van der Waals surface area (Å²) in [6.07, 6.45) is 1.74. The topological polar surface area (TPSA) is 98.1 Å². The Balaban J connectivity index is 1.76. The lowest BCUT2D eigenvalue weighted by molar-refractivity contribution is -0.113. The van der Waals surface area contributed by atoms with Gasteiger partial charge in [0, 0.05) is 12.1 Å². The Morgan fingerprint density at radius 3 is 2.63 bits per heavy atom. The van der Waals surface area contributed by atoms with E-state index in [4.69, 9.17) is 4.74 Å². The molecule has 0 aliphatic carbocycles. The molecule has 0 aliphatic rings. The molecule has 0 fully saturated rings. The number of thioether (sulfide) groups is 1. The molecule has 0 saturated carbocycles. The number of rotatable bonds is 11. The molecule has 0 aliphatic heterocycles. The number of carbonyl (C=O) groups is 2. The van der Waals surface area contributed by atoms with E-state index in [9.17, 15) is 9.59 Å². The first kappa shape index (κ1) is 26.0. The van der Waals surface area contributed by atoms with E-state index in [-0.39, 0.29) is 29.5 Å². The number of para-hydroxylation sites is 2. The van der Waals surface area contributed by atoms with Crippen LogP contribution in [0.4, 0.5) is 5.69 Å². The smallest absolute Gasteiger partial charge is 0.251 e. The number of benzene rings is 2. The molecule has 1 atom stereocenters. The third-order valence-corrected chi connectivity index (χ3v) is 6.25. The van der Waals surface area contributed by atoms with Crippen LogP contribution in [-0.4, -0.2) is 39.4 Å².